The molecule has 116 valence electrons. The lowest BCUT2D eigenvalue weighted by molar-refractivity contribution is 0.412. The van der Waals surface area contributed by atoms with Crippen molar-refractivity contribution in [2.75, 3.05) is 26.0 Å². The predicted octanol–water partition coefficient (Wildman–Crippen LogP) is 2.92. The van der Waals surface area contributed by atoms with E-state index in [0.29, 0.717) is 12.4 Å². The van der Waals surface area contributed by atoms with Crippen LogP contribution >= 0.6 is 11.6 Å². The molecule has 0 bridgehead atoms. The molecule has 0 radical (unpaired) electrons. The zero-order valence-corrected chi connectivity index (χ0v) is 13.3. The third-order valence-electron chi connectivity index (χ3n) is 3.35. The Hall–Kier alpha value is -2.05. The van der Waals surface area contributed by atoms with E-state index in [1.807, 2.05) is 12.1 Å². The summed E-state index contributed by atoms with van der Waals surface area (Å²) in [6.45, 7) is 1.51. The fourth-order valence-electron chi connectivity index (χ4n) is 2.23. The highest BCUT2D eigenvalue weighted by atomic mass is 35.5. The van der Waals surface area contributed by atoms with Gasteiger partial charge in [0, 0.05) is 18.7 Å². The van der Waals surface area contributed by atoms with Gasteiger partial charge in [-0.3, -0.25) is 0 Å². The van der Waals surface area contributed by atoms with Crippen molar-refractivity contribution in [1.82, 2.24) is 19.9 Å². The van der Waals surface area contributed by atoms with E-state index in [1.54, 1.807) is 6.26 Å². The minimum Gasteiger partial charge on any atom is -0.467 e. The molecule has 0 atom stereocenters. The summed E-state index contributed by atoms with van der Waals surface area (Å²) in [5.74, 6) is 1.55. The predicted molar refractivity (Wildman–Crippen MR) is 87.2 cm³/mol. The summed E-state index contributed by atoms with van der Waals surface area (Å²) in [6.07, 6.45) is 2.56. The molecule has 0 aromatic carbocycles. The van der Waals surface area contributed by atoms with E-state index in [4.69, 9.17) is 16.0 Å². The van der Waals surface area contributed by atoms with Crippen LogP contribution in [0.25, 0.3) is 11.0 Å². The van der Waals surface area contributed by atoms with Crippen LogP contribution in [0.4, 0.5) is 5.82 Å². The first-order valence-electron chi connectivity index (χ1n) is 7.08. The highest BCUT2D eigenvalue weighted by Crippen LogP contribution is 2.24. The number of halogens is 1. The Kier molecular flexibility index (Phi) is 4.31. The maximum atomic E-state index is 6.01. The van der Waals surface area contributed by atoms with Crippen LogP contribution in [-0.2, 0) is 13.0 Å². The van der Waals surface area contributed by atoms with E-state index >= 15 is 0 Å². The van der Waals surface area contributed by atoms with Crippen LogP contribution in [0, 0.1) is 0 Å². The van der Waals surface area contributed by atoms with Gasteiger partial charge in [0.25, 0.3) is 0 Å². The molecule has 0 amide bonds. The van der Waals surface area contributed by atoms with Gasteiger partial charge >= 0.3 is 0 Å². The zero-order chi connectivity index (χ0) is 15.5. The number of furan rings is 1. The summed E-state index contributed by atoms with van der Waals surface area (Å²) in [7, 11) is 4.10. The van der Waals surface area contributed by atoms with Crippen molar-refractivity contribution in [2.24, 2.45) is 0 Å². The number of aromatic nitrogens is 3. The quantitative estimate of drug-likeness (QED) is 0.684. The summed E-state index contributed by atoms with van der Waals surface area (Å²) >= 11 is 6.01. The standard InChI is InChI=1S/C15H18ClN5O/c1-21(2)6-5-10-8-12-13(17-9-11-4-3-7-22-11)19-15(16)20-14(12)18-10/h3-4,7-8H,5-6,9H2,1-2H3,(H2,17,18,19,20). The Labute approximate surface area is 133 Å². The van der Waals surface area contributed by atoms with Crippen molar-refractivity contribution in [3.63, 3.8) is 0 Å². The highest BCUT2D eigenvalue weighted by Gasteiger charge is 2.11. The first-order chi connectivity index (χ1) is 10.6. The molecule has 0 spiro atoms. The SMILES string of the molecule is CN(C)CCc1cc2c(NCc3ccco3)nc(Cl)nc2[nH]1. The average Bonchev–Trinajstić information content (AvgIpc) is 3.11. The fraction of sp³-hybridized carbons (Fsp3) is 0.333. The Balaban J connectivity index is 1.84. The van der Waals surface area contributed by atoms with E-state index in [0.717, 1.165) is 35.5 Å². The van der Waals surface area contributed by atoms with Gasteiger partial charge in [-0.05, 0) is 43.9 Å². The van der Waals surface area contributed by atoms with Gasteiger partial charge in [-0.25, -0.2) is 4.98 Å². The number of hydrogen-bond donors (Lipinski definition) is 2. The van der Waals surface area contributed by atoms with Gasteiger partial charge in [0.15, 0.2) is 0 Å². The lowest BCUT2D eigenvalue weighted by atomic mass is 10.2. The van der Waals surface area contributed by atoms with Crippen LogP contribution in [0.15, 0.2) is 28.9 Å². The molecule has 0 saturated carbocycles. The summed E-state index contributed by atoms with van der Waals surface area (Å²) < 4.78 is 5.32. The lowest BCUT2D eigenvalue weighted by Gasteiger charge is -2.07. The van der Waals surface area contributed by atoms with Gasteiger partial charge < -0.3 is 19.6 Å². The van der Waals surface area contributed by atoms with Gasteiger partial charge in [0.1, 0.15) is 17.2 Å². The summed E-state index contributed by atoms with van der Waals surface area (Å²) in [5, 5.41) is 4.40. The number of rotatable bonds is 6. The van der Waals surface area contributed by atoms with Crippen molar-refractivity contribution in [3.8, 4) is 0 Å². The van der Waals surface area contributed by atoms with Crippen LogP contribution in [0.2, 0.25) is 5.28 Å². The van der Waals surface area contributed by atoms with E-state index in [2.05, 4.69) is 45.3 Å². The monoisotopic (exact) mass is 319 g/mol. The molecule has 22 heavy (non-hydrogen) atoms. The largest absolute Gasteiger partial charge is 0.467 e. The van der Waals surface area contributed by atoms with E-state index in [9.17, 15) is 0 Å². The zero-order valence-electron chi connectivity index (χ0n) is 12.6. The number of H-pyrrole nitrogens is 1. The normalized spacial score (nSPS) is 11.5. The molecule has 3 rings (SSSR count). The van der Waals surface area contributed by atoms with Gasteiger partial charge in [-0.1, -0.05) is 0 Å². The number of anilines is 1. The highest BCUT2D eigenvalue weighted by molar-refractivity contribution is 6.28. The minimum absolute atomic E-state index is 0.218. The second-order valence-corrected chi connectivity index (χ2v) is 5.72. The maximum absolute atomic E-state index is 6.01. The third kappa shape index (κ3) is 3.40. The van der Waals surface area contributed by atoms with E-state index < -0.39 is 0 Å². The molecule has 6 nitrogen and oxygen atoms in total. The fourth-order valence-corrected chi connectivity index (χ4v) is 2.40. The molecule has 0 aliphatic rings. The summed E-state index contributed by atoms with van der Waals surface area (Å²) in [6, 6.07) is 5.83. The molecule has 2 N–H and O–H groups in total. The van der Waals surface area contributed by atoms with Crippen LogP contribution in [0.1, 0.15) is 11.5 Å². The number of nitrogens with zero attached hydrogens (tertiary/aromatic N) is 3. The summed E-state index contributed by atoms with van der Waals surface area (Å²) in [4.78, 5) is 14.0. The van der Waals surface area contributed by atoms with E-state index in [1.165, 1.54) is 0 Å². The van der Waals surface area contributed by atoms with Crippen molar-refractivity contribution in [1.29, 1.82) is 0 Å². The molecular formula is C15H18ClN5O. The van der Waals surface area contributed by atoms with Crippen LogP contribution in [0.3, 0.4) is 0 Å². The number of hydrogen-bond acceptors (Lipinski definition) is 5. The molecule has 3 heterocycles. The molecule has 0 fully saturated rings. The van der Waals surface area contributed by atoms with Crippen molar-refractivity contribution in [3.05, 3.63) is 41.2 Å². The van der Waals surface area contributed by atoms with Crippen LogP contribution < -0.4 is 5.32 Å². The lowest BCUT2D eigenvalue weighted by Crippen LogP contribution is -2.15. The molecule has 0 saturated heterocycles. The van der Waals surface area contributed by atoms with Gasteiger partial charge in [0.2, 0.25) is 5.28 Å². The number of likely N-dealkylation sites (N-methyl/N-ethyl adjacent to an activating group) is 1. The number of fused-ring (bicyclic) bond motifs is 1. The van der Waals surface area contributed by atoms with Crippen LogP contribution in [0.5, 0.6) is 0 Å². The number of nitrogens with one attached hydrogen (secondary N) is 2. The molecule has 0 unspecified atom stereocenters. The molecule has 7 heteroatoms. The van der Waals surface area contributed by atoms with Crippen molar-refractivity contribution in [2.45, 2.75) is 13.0 Å². The Bertz CT molecular complexity index is 751. The average molecular weight is 320 g/mol. The van der Waals surface area contributed by atoms with Crippen molar-refractivity contribution >= 4 is 28.5 Å². The second kappa shape index (κ2) is 6.37. The third-order valence-corrected chi connectivity index (χ3v) is 3.52. The van der Waals surface area contributed by atoms with Crippen LogP contribution in [-0.4, -0.2) is 40.5 Å². The van der Waals surface area contributed by atoms with Gasteiger partial charge in [-0.15, -0.1) is 0 Å². The minimum atomic E-state index is 0.218. The second-order valence-electron chi connectivity index (χ2n) is 5.38. The molecule has 0 aliphatic heterocycles. The summed E-state index contributed by atoms with van der Waals surface area (Å²) in [5.41, 5.74) is 1.86. The molecule has 3 aromatic heterocycles. The van der Waals surface area contributed by atoms with Crippen molar-refractivity contribution < 1.29 is 4.42 Å². The first-order valence-corrected chi connectivity index (χ1v) is 7.46. The Morgan fingerprint density at radius 3 is 2.95 bits per heavy atom. The first kappa shape index (κ1) is 14.9. The topological polar surface area (TPSA) is 70.0 Å². The van der Waals surface area contributed by atoms with Gasteiger partial charge in [0.05, 0.1) is 18.2 Å². The molecule has 3 aromatic rings. The molecule has 0 aliphatic carbocycles. The van der Waals surface area contributed by atoms with Gasteiger partial charge in [-0.2, -0.15) is 4.98 Å². The molecular weight excluding hydrogens is 302 g/mol. The maximum Gasteiger partial charge on any atom is 0.226 e. The van der Waals surface area contributed by atoms with E-state index in [-0.39, 0.29) is 5.28 Å². The Morgan fingerprint density at radius 1 is 1.36 bits per heavy atom. The smallest absolute Gasteiger partial charge is 0.226 e. The number of aromatic amines is 1. The Morgan fingerprint density at radius 2 is 2.23 bits per heavy atom.